The molecule has 3 heterocycles. The molecule has 0 saturated carbocycles. The van der Waals surface area contributed by atoms with E-state index in [1.165, 1.54) is 4.90 Å². The molecule has 2 aromatic carbocycles. The molecule has 1 amide bonds. The molecule has 37 heavy (non-hydrogen) atoms. The number of benzene rings is 2. The molecule has 0 aliphatic carbocycles. The van der Waals surface area contributed by atoms with Crippen LogP contribution in [0.3, 0.4) is 0 Å². The number of hydrogen-bond acceptors (Lipinski definition) is 8. The van der Waals surface area contributed by atoms with Crippen molar-refractivity contribution in [2.45, 2.75) is 28.9 Å². The van der Waals surface area contributed by atoms with Crippen LogP contribution in [0.25, 0.3) is 0 Å². The summed E-state index contributed by atoms with van der Waals surface area (Å²) < 4.78 is 31.4. The lowest BCUT2D eigenvalue weighted by molar-refractivity contribution is -0.146. The molecule has 3 aliphatic rings. The Morgan fingerprint density at radius 1 is 1.19 bits per heavy atom. The summed E-state index contributed by atoms with van der Waals surface area (Å²) in [5.74, 6) is -0.851. The summed E-state index contributed by atoms with van der Waals surface area (Å²) in [7, 11) is 0. The zero-order valence-corrected chi connectivity index (χ0v) is 20.6. The second-order valence-corrected chi connectivity index (χ2v) is 9.61. The first-order chi connectivity index (χ1) is 17.8. The van der Waals surface area contributed by atoms with Gasteiger partial charge in [0.2, 0.25) is 5.78 Å². The molecular weight excluding hydrogens is 499 g/mol. The third kappa shape index (κ3) is 4.75. The molecule has 1 saturated heterocycles. The van der Waals surface area contributed by atoms with Crippen LogP contribution in [0.4, 0.5) is 4.39 Å². The Kier molecular flexibility index (Phi) is 6.80. The van der Waals surface area contributed by atoms with E-state index >= 15 is 0 Å². The van der Waals surface area contributed by atoms with Crippen LogP contribution in [0.5, 0.6) is 11.5 Å². The van der Waals surface area contributed by atoms with Crippen molar-refractivity contribution in [1.82, 2.24) is 10.2 Å². The molecular formula is C27H25FN2O6S. The average Bonchev–Trinajstić information content (AvgIpc) is 3.19. The van der Waals surface area contributed by atoms with Crippen LogP contribution in [0.1, 0.15) is 22.7 Å². The standard InChI is InChI=1S/C27H25FN2O6S/c1-3-19(31)20(32)13-24(33)30-11-12-34-14-23(30)29-25-16-9-10-21-26(36-27(28,4-2)35-21)18(16)15-37-22-8-6-5-7-17(22)25/h3-10,13,23,25,29,32H,1-2,11-12,14-15H2/b20-13-/t23-,25-,27?/m0/s1. The quantitative estimate of drug-likeness (QED) is 0.333. The summed E-state index contributed by atoms with van der Waals surface area (Å²) >= 11 is 1.59. The molecule has 1 unspecified atom stereocenters. The van der Waals surface area contributed by atoms with Gasteiger partial charge in [0, 0.05) is 34.9 Å². The zero-order valence-electron chi connectivity index (χ0n) is 19.8. The van der Waals surface area contributed by atoms with E-state index in [0.29, 0.717) is 18.1 Å². The van der Waals surface area contributed by atoms with Crippen molar-refractivity contribution in [3.05, 3.63) is 90.2 Å². The van der Waals surface area contributed by atoms with Gasteiger partial charge in [-0.25, -0.2) is 0 Å². The highest BCUT2D eigenvalue weighted by atomic mass is 32.2. The van der Waals surface area contributed by atoms with E-state index in [0.717, 1.165) is 39.8 Å². The van der Waals surface area contributed by atoms with E-state index in [2.05, 4.69) is 18.5 Å². The largest absolute Gasteiger partial charge is 0.504 e. The number of carbonyl (C=O) groups excluding carboxylic acids is 2. The number of ether oxygens (including phenoxy) is 3. The van der Waals surface area contributed by atoms with Crippen molar-refractivity contribution in [3.63, 3.8) is 0 Å². The van der Waals surface area contributed by atoms with E-state index in [4.69, 9.17) is 14.2 Å². The van der Waals surface area contributed by atoms with Gasteiger partial charge in [-0.1, -0.05) is 37.4 Å². The monoisotopic (exact) mass is 524 g/mol. The lowest BCUT2D eigenvalue weighted by Crippen LogP contribution is -2.56. The second-order valence-electron chi connectivity index (χ2n) is 8.60. The number of nitrogens with one attached hydrogen (secondary N) is 1. The van der Waals surface area contributed by atoms with Gasteiger partial charge >= 0.3 is 6.04 Å². The number of rotatable bonds is 6. The Bertz CT molecular complexity index is 1310. The van der Waals surface area contributed by atoms with Gasteiger partial charge in [0.25, 0.3) is 5.91 Å². The minimum absolute atomic E-state index is 0.186. The maximum Gasteiger partial charge on any atom is 0.429 e. The molecule has 0 aromatic heterocycles. The first-order valence-corrected chi connectivity index (χ1v) is 12.6. The fourth-order valence-corrected chi connectivity index (χ4v) is 5.67. The Balaban J connectivity index is 1.52. The topological polar surface area (TPSA) is 97.3 Å². The average molecular weight is 525 g/mol. The predicted molar refractivity (Wildman–Crippen MR) is 135 cm³/mol. The summed E-state index contributed by atoms with van der Waals surface area (Å²) in [6.45, 7) is 7.54. The third-order valence-corrected chi connectivity index (χ3v) is 7.49. The summed E-state index contributed by atoms with van der Waals surface area (Å²) in [4.78, 5) is 27.2. The van der Waals surface area contributed by atoms with Gasteiger partial charge in [-0.05, 0) is 29.3 Å². The predicted octanol–water partition coefficient (Wildman–Crippen LogP) is 3.93. The normalized spacial score (nSPS) is 24.5. The van der Waals surface area contributed by atoms with Crippen LogP contribution < -0.4 is 14.8 Å². The van der Waals surface area contributed by atoms with Crippen LogP contribution >= 0.6 is 11.8 Å². The molecule has 10 heteroatoms. The van der Waals surface area contributed by atoms with Gasteiger partial charge in [-0.2, -0.15) is 4.39 Å². The second kappa shape index (κ2) is 10.0. The van der Waals surface area contributed by atoms with E-state index in [-0.39, 0.29) is 18.9 Å². The Morgan fingerprint density at radius 3 is 2.78 bits per heavy atom. The molecule has 3 atom stereocenters. The first-order valence-electron chi connectivity index (χ1n) is 11.6. The molecule has 1 fully saturated rings. The van der Waals surface area contributed by atoms with Crippen molar-refractivity contribution < 1.29 is 33.3 Å². The number of allylic oxidation sites excluding steroid dienone is 1. The molecule has 8 nitrogen and oxygen atoms in total. The Labute approximate surface area is 217 Å². The Morgan fingerprint density at radius 2 is 2.00 bits per heavy atom. The maximum atomic E-state index is 14.9. The molecule has 0 radical (unpaired) electrons. The van der Waals surface area contributed by atoms with E-state index < -0.39 is 35.7 Å². The number of aliphatic hydroxyl groups excluding tert-OH is 1. The summed E-state index contributed by atoms with van der Waals surface area (Å²) in [6, 6.07) is 8.53. The summed E-state index contributed by atoms with van der Waals surface area (Å²) in [5.41, 5.74) is 2.58. The third-order valence-electron chi connectivity index (χ3n) is 6.38. The van der Waals surface area contributed by atoms with Crippen LogP contribution in [-0.2, 0) is 20.1 Å². The lowest BCUT2D eigenvalue weighted by atomic mass is 9.93. The van der Waals surface area contributed by atoms with E-state index in [9.17, 15) is 19.1 Å². The first kappa shape index (κ1) is 25.1. The van der Waals surface area contributed by atoms with Crippen LogP contribution in [0, 0.1) is 0 Å². The van der Waals surface area contributed by atoms with Crippen LogP contribution in [-0.4, -0.2) is 53.7 Å². The summed E-state index contributed by atoms with van der Waals surface area (Å²) in [5, 5.41) is 13.5. The van der Waals surface area contributed by atoms with Crippen LogP contribution in [0.15, 0.2) is 78.4 Å². The number of carbonyl (C=O) groups is 2. The number of alkyl halides is 1. The highest BCUT2D eigenvalue weighted by Crippen LogP contribution is 2.50. The van der Waals surface area contributed by atoms with Gasteiger partial charge < -0.3 is 24.2 Å². The minimum atomic E-state index is -2.44. The van der Waals surface area contributed by atoms with Crippen molar-refractivity contribution >= 4 is 23.5 Å². The number of halogens is 1. The molecule has 2 aromatic rings. The number of fused-ring (bicyclic) bond motifs is 4. The van der Waals surface area contributed by atoms with Crippen molar-refractivity contribution in [2.75, 3.05) is 19.8 Å². The number of thioether (sulfide) groups is 1. The number of nitrogens with zero attached hydrogens (tertiary/aromatic N) is 1. The van der Waals surface area contributed by atoms with Crippen molar-refractivity contribution in [3.8, 4) is 11.5 Å². The van der Waals surface area contributed by atoms with Gasteiger partial charge in [-0.15, -0.1) is 11.8 Å². The molecule has 0 bridgehead atoms. The molecule has 2 N–H and O–H groups in total. The maximum absolute atomic E-state index is 14.9. The minimum Gasteiger partial charge on any atom is -0.504 e. The highest BCUT2D eigenvalue weighted by Gasteiger charge is 2.42. The lowest BCUT2D eigenvalue weighted by Gasteiger charge is -2.38. The summed E-state index contributed by atoms with van der Waals surface area (Å²) in [6.07, 6.45) is 2.21. The smallest absolute Gasteiger partial charge is 0.429 e. The number of aliphatic hydroxyl groups is 1. The van der Waals surface area contributed by atoms with Crippen molar-refractivity contribution in [2.24, 2.45) is 0 Å². The van der Waals surface area contributed by atoms with E-state index in [1.54, 1.807) is 17.8 Å². The Hall–Kier alpha value is -3.60. The number of morpholine rings is 1. The molecule has 5 rings (SSSR count). The number of amides is 1. The molecule has 192 valence electrons. The SMILES string of the molecule is C=CC(=O)/C(O)=C/C(=O)N1CCOC[C@H]1N[C@@H]1c2ccccc2SCc2c1ccc1c2OC(F)(C=C)O1. The number of ketones is 1. The zero-order chi connectivity index (χ0) is 26.2. The van der Waals surface area contributed by atoms with Crippen LogP contribution in [0.2, 0.25) is 0 Å². The van der Waals surface area contributed by atoms with Crippen molar-refractivity contribution in [1.29, 1.82) is 0 Å². The molecule has 0 spiro atoms. The highest BCUT2D eigenvalue weighted by molar-refractivity contribution is 7.98. The fraction of sp³-hybridized carbons (Fsp3) is 0.259. The van der Waals surface area contributed by atoms with Gasteiger partial charge in [-0.3, -0.25) is 14.9 Å². The van der Waals surface area contributed by atoms with Gasteiger partial charge in [0.1, 0.15) is 6.17 Å². The van der Waals surface area contributed by atoms with E-state index in [1.807, 2.05) is 30.3 Å². The molecule has 3 aliphatic heterocycles. The van der Waals surface area contributed by atoms with Gasteiger partial charge in [0.05, 0.1) is 19.3 Å². The number of hydrogen-bond donors (Lipinski definition) is 2. The van der Waals surface area contributed by atoms with Gasteiger partial charge in [0.15, 0.2) is 17.3 Å². The fourth-order valence-electron chi connectivity index (χ4n) is 4.55.